The van der Waals surface area contributed by atoms with Crippen molar-refractivity contribution >= 4 is 11.5 Å². The van der Waals surface area contributed by atoms with Crippen LogP contribution in [-0.4, -0.2) is 40.2 Å². The second kappa shape index (κ2) is 6.48. The molecule has 0 fully saturated rings. The number of nitrogens with zero attached hydrogens (tertiary/aromatic N) is 2. The van der Waals surface area contributed by atoms with Crippen LogP contribution in [-0.2, 0) is 11.2 Å². The molecule has 2 aliphatic heterocycles. The standard InChI is InChI=1S/C20H23N3O2/c1-13-12-17-18(14(2)25-13)21-22-19(17)20(24)23-10-8-16(9-11-23)15-6-4-3-5-7-15/h3-8,13-14H,9-12H2,1-2H3,(H,21,22)/t13-,14+/m1/s1. The number of hydrogen-bond acceptors (Lipinski definition) is 3. The molecule has 1 aromatic carbocycles. The van der Waals surface area contributed by atoms with E-state index in [0.29, 0.717) is 12.2 Å². The second-order valence-corrected chi connectivity index (χ2v) is 6.85. The number of amides is 1. The first kappa shape index (κ1) is 16.1. The van der Waals surface area contributed by atoms with Gasteiger partial charge < -0.3 is 9.64 Å². The average molecular weight is 337 g/mol. The normalized spacial score (nSPS) is 23.1. The summed E-state index contributed by atoms with van der Waals surface area (Å²) in [7, 11) is 0. The molecule has 0 saturated heterocycles. The topological polar surface area (TPSA) is 58.2 Å². The van der Waals surface area contributed by atoms with Crippen LogP contribution >= 0.6 is 0 Å². The molecule has 2 atom stereocenters. The maximum Gasteiger partial charge on any atom is 0.274 e. The number of benzene rings is 1. The zero-order valence-corrected chi connectivity index (χ0v) is 14.7. The summed E-state index contributed by atoms with van der Waals surface area (Å²) in [6.07, 6.45) is 3.83. The van der Waals surface area contributed by atoms with Crippen LogP contribution in [0.1, 0.15) is 53.7 Å². The van der Waals surface area contributed by atoms with Crippen molar-refractivity contribution in [2.24, 2.45) is 0 Å². The van der Waals surface area contributed by atoms with Gasteiger partial charge in [0.15, 0.2) is 5.69 Å². The van der Waals surface area contributed by atoms with Gasteiger partial charge in [0.05, 0.1) is 17.9 Å². The molecule has 25 heavy (non-hydrogen) atoms. The van der Waals surface area contributed by atoms with Gasteiger partial charge in [-0.25, -0.2) is 0 Å². The van der Waals surface area contributed by atoms with Gasteiger partial charge in [0.25, 0.3) is 5.91 Å². The Bertz CT molecular complexity index is 810. The molecule has 130 valence electrons. The van der Waals surface area contributed by atoms with E-state index in [-0.39, 0.29) is 18.1 Å². The number of fused-ring (bicyclic) bond motifs is 1. The Morgan fingerprint density at radius 1 is 1.28 bits per heavy atom. The Morgan fingerprint density at radius 3 is 2.80 bits per heavy atom. The van der Waals surface area contributed by atoms with Gasteiger partial charge in [-0.1, -0.05) is 36.4 Å². The summed E-state index contributed by atoms with van der Waals surface area (Å²) >= 11 is 0. The van der Waals surface area contributed by atoms with E-state index >= 15 is 0 Å². The summed E-state index contributed by atoms with van der Waals surface area (Å²) in [6, 6.07) is 10.4. The highest BCUT2D eigenvalue weighted by Crippen LogP contribution is 2.31. The van der Waals surface area contributed by atoms with Gasteiger partial charge in [-0.05, 0) is 31.4 Å². The molecule has 2 aliphatic rings. The van der Waals surface area contributed by atoms with Crippen LogP contribution in [0.4, 0.5) is 0 Å². The SMILES string of the molecule is C[C@@H]1Cc2c(C(=O)N3CC=C(c4ccccc4)CC3)n[nH]c2[C@H](C)O1. The molecule has 0 radical (unpaired) electrons. The van der Waals surface area contributed by atoms with Gasteiger partial charge in [-0.15, -0.1) is 0 Å². The van der Waals surface area contributed by atoms with Crippen molar-refractivity contribution in [2.45, 2.75) is 38.9 Å². The number of carbonyl (C=O) groups excluding carboxylic acids is 1. The maximum atomic E-state index is 13.0. The monoisotopic (exact) mass is 337 g/mol. The van der Waals surface area contributed by atoms with E-state index < -0.39 is 0 Å². The molecule has 0 aliphatic carbocycles. The summed E-state index contributed by atoms with van der Waals surface area (Å²) in [6.45, 7) is 5.39. The Hall–Kier alpha value is -2.40. The summed E-state index contributed by atoms with van der Waals surface area (Å²) < 4.78 is 5.81. The lowest BCUT2D eigenvalue weighted by Gasteiger charge is -2.28. The Labute approximate surface area is 147 Å². The molecule has 4 rings (SSSR count). The molecule has 0 spiro atoms. The third kappa shape index (κ3) is 3.00. The first-order valence-corrected chi connectivity index (χ1v) is 8.90. The fraction of sp³-hybridized carbons (Fsp3) is 0.400. The van der Waals surface area contributed by atoms with Crippen molar-refractivity contribution < 1.29 is 9.53 Å². The van der Waals surface area contributed by atoms with Gasteiger partial charge in [-0.3, -0.25) is 9.89 Å². The van der Waals surface area contributed by atoms with Crippen molar-refractivity contribution in [3.05, 3.63) is 58.9 Å². The van der Waals surface area contributed by atoms with E-state index in [1.54, 1.807) is 0 Å². The van der Waals surface area contributed by atoms with Crippen molar-refractivity contribution in [1.29, 1.82) is 0 Å². The van der Waals surface area contributed by atoms with Crippen LogP contribution in [0.2, 0.25) is 0 Å². The minimum Gasteiger partial charge on any atom is -0.369 e. The summed E-state index contributed by atoms with van der Waals surface area (Å²) in [5, 5.41) is 7.33. The van der Waals surface area contributed by atoms with Gasteiger partial charge in [0.1, 0.15) is 0 Å². The lowest BCUT2D eigenvalue weighted by atomic mass is 9.97. The molecule has 0 bridgehead atoms. The first-order valence-electron chi connectivity index (χ1n) is 8.90. The third-order valence-corrected chi connectivity index (χ3v) is 5.08. The molecule has 0 saturated carbocycles. The highest BCUT2D eigenvalue weighted by atomic mass is 16.5. The van der Waals surface area contributed by atoms with Crippen molar-refractivity contribution in [3.63, 3.8) is 0 Å². The van der Waals surface area contributed by atoms with Gasteiger partial charge in [0, 0.05) is 25.1 Å². The number of ether oxygens (including phenoxy) is 1. The molecule has 5 nitrogen and oxygen atoms in total. The largest absolute Gasteiger partial charge is 0.369 e. The zero-order valence-electron chi connectivity index (χ0n) is 14.7. The van der Waals surface area contributed by atoms with E-state index in [2.05, 4.69) is 28.4 Å². The minimum absolute atomic E-state index is 0.0159. The molecule has 3 heterocycles. The highest BCUT2D eigenvalue weighted by Gasteiger charge is 2.31. The number of hydrogen-bond donors (Lipinski definition) is 1. The summed E-state index contributed by atoms with van der Waals surface area (Å²) in [5.74, 6) is 0.0159. The smallest absolute Gasteiger partial charge is 0.274 e. The molecule has 5 heteroatoms. The number of rotatable bonds is 2. The molecule has 1 N–H and O–H groups in total. The Balaban J connectivity index is 1.53. The minimum atomic E-state index is -0.0428. The fourth-order valence-electron chi connectivity index (χ4n) is 3.77. The average Bonchev–Trinajstić information content (AvgIpc) is 3.06. The number of aromatic nitrogens is 2. The Kier molecular flexibility index (Phi) is 4.17. The predicted octanol–water partition coefficient (Wildman–Crippen LogP) is 3.36. The van der Waals surface area contributed by atoms with Crippen LogP contribution in [0.3, 0.4) is 0 Å². The second-order valence-electron chi connectivity index (χ2n) is 6.85. The molecular formula is C20H23N3O2. The van der Waals surface area contributed by atoms with Crippen LogP contribution < -0.4 is 0 Å². The molecular weight excluding hydrogens is 314 g/mol. The number of nitrogens with one attached hydrogen (secondary N) is 1. The van der Waals surface area contributed by atoms with E-state index in [9.17, 15) is 4.79 Å². The van der Waals surface area contributed by atoms with Crippen molar-refractivity contribution in [3.8, 4) is 0 Å². The van der Waals surface area contributed by atoms with E-state index in [1.165, 1.54) is 11.1 Å². The quantitative estimate of drug-likeness (QED) is 0.914. The van der Waals surface area contributed by atoms with Crippen LogP contribution in [0, 0.1) is 0 Å². The predicted molar refractivity (Wildman–Crippen MR) is 96.2 cm³/mol. The summed E-state index contributed by atoms with van der Waals surface area (Å²) in [4.78, 5) is 14.8. The van der Waals surface area contributed by atoms with E-state index in [1.807, 2.05) is 36.9 Å². The lowest BCUT2D eigenvalue weighted by Crippen LogP contribution is -2.36. The van der Waals surface area contributed by atoms with E-state index in [0.717, 1.165) is 30.6 Å². The van der Waals surface area contributed by atoms with Crippen LogP contribution in [0.15, 0.2) is 36.4 Å². The zero-order chi connectivity index (χ0) is 17.4. The van der Waals surface area contributed by atoms with E-state index in [4.69, 9.17) is 4.74 Å². The lowest BCUT2D eigenvalue weighted by molar-refractivity contribution is -0.00701. The van der Waals surface area contributed by atoms with Crippen molar-refractivity contribution in [2.75, 3.05) is 13.1 Å². The highest BCUT2D eigenvalue weighted by molar-refractivity contribution is 5.94. The van der Waals surface area contributed by atoms with Gasteiger partial charge >= 0.3 is 0 Å². The summed E-state index contributed by atoms with van der Waals surface area (Å²) in [5.41, 5.74) is 5.08. The van der Waals surface area contributed by atoms with Gasteiger partial charge in [0.2, 0.25) is 0 Å². The van der Waals surface area contributed by atoms with Crippen LogP contribution in [0.25, 0.3) is 5.57 Å². The fourth-order valence-corrected chi connectivity index (χ4v) is 3.77. The number of carbonyl (C=O) groups is 1. The third-order valence-electron chi connectivity index (χ3n) is 5.08. The first-order chi connectivity index (χ1) is 12.1. The van der Waals surface area contributed by atoms with Crippen molar-refractivity contribution in [1.82, 2.24) is 15.1 Å². The molecule has 2 aromatic rings. The number of aromatic amines is 1. The molecule has 1 aromatic heterocycles. The van der Waals surface area contributed by atoms with Gasteiger partial charge in [-0.2, -0.15) is 5.10 Å². The Morgan fingerprint density at radius 2 is 2.08 bits per heavy atom. The number of H-pyrrole nitrogens is 1. The maximum absolute atomic E-state index is 13.0. The molecule has 0 unspecified atom stereocenters. The molecule has 1 amide bonds. The van der Waals surface area contributed by atoms with Crippen LogP contribution in [0.5, 0.6) is 0 Å².